The number of nitrogens with zero attached hydrogens (tertiary/aromatic N) is 1. The number of fused-ring (bicyclic) bond motifs is 1. The van der Waals surface area contributed by atoms with Gasteiger partial charge in [0.05, 0.1) is 31.7 Å². The average Bonchev–Trinajstić information content (AvgIpc) is 2.72. The fraction of sp³-hybridized carbons (Fsp3) is 0.316. The van der Waals surface area contributed by atoms with Gasteiger partial charge in [0.2, 0.25) is 0 Å². The minimum absolute atomic E-state index is 0.0130. The van der Waals surface area contributed by atoms with Gasteiger partial charge in [0.1, 0.15) is 12.4 Å². The van der Waals surface area contributed by atoms with Crippen molar-refractivity contribution >= 4 is 11.7 Å². The number of nitro benzene ring substituents is 1. The molecule has 0 saturated carbocycles. The molecule has 9 heteroatoms. The topological polar surface area (TPSA) is 106 Å². The first-order chi connectivity index (χ1) is 13.6. The van der Waals surface area contributed by atoms with Gasteiger partial charge in [-0.1, -0.05) is 12.1 Å². The van der Waals surface area contributed by atoms with Crippen LogP contribution in [0.4, 0.5) is 5.69 Å². The summed E-state index contributed by atoms with van der Waals surface area (Å²) in [6.07, 6.45) is 0.0130. The predicted molar refractivity (Wildman–Crippen MR) is 96.3 cm³/mol. The molecule has 0 aliphatic carbocycles. The number of benzene rings is 2. The Morgan fingerprint density at radius 1 is 1.25 bits per heavy atom. The van der Waals surface area contributed by atoms with Crippen LogP contribution in [0, 0.1) is 10.1 Å². The minimum Gasteiger partial charge on any atom is -0.493 e. The van der Waals surface area contributed by atoms with Gasteiger partial charge in [0.15, 0.2) is 18.3 Å². The second-order valence-corrected chi connectivity index (χ2v) is 5.87. The van der Waals surface area contributed by atoms with Crippen LogP contribution in [0.3, 0.4) is 0 Å². The Kier molecular flexibility index (Phi) is 6.28. The summed E-state index contributed by atoms with van der Waals surface area (Å²) in [4.78, 5) is 22.6. The highest BCUT2D eigenvalue weighted by Gasteiger charge is 2.21. The third-order valence-electron chi connectivity index (χ3n) is 4.00. The molecule has 0 bridgehead atoms. The number of non-ortho nitro benzene ring substituents is 1. The Hall–Kier alpha value is -3.33. The molecule has 148 valence electrons. The summed E-state index contributed by atoms with van der Waals surface area (Å²) in [5.41, 5.74) is 0.857. The van der Waals surface area contributed by atoms with E-state index in [0.29, 0.717) is 28.4 Å². The number of esters is 1. The number of methoxy groups -OCH3 is 1. The average molecular weight is 389 g/mol. The Balaban J connectivity index is 1.57. The van der Waals surface area contributed by atoms with E-state index < -0.39 is 10.9 Å². The largest absolute Gasteiger partial charge is 0.493 e. The lowest BCUT2D eigenvalue weighted by atomic mass is 10.1. The van der Waals surface area contributed by atoms with Crippen molar-refractivity contribution in [3.63, 3.8) is 0 Å². The van der Waals surface area contributed by atoms with Crippen LogP contribution in [-0.2, 0) is 27.5 Å². The molecule has 0 amide bonds. The number of hydrogen-bond acceptors (Lipinski definition) is 8. The van der Waals surface area contributed by atoms with E-state index in [4.69, 9.17) is 23.7 Å². The van der Waals surface area contributed by atoms with Gasteiger partial charge in [0.25, 0.3) is 5.69 Å². The summed E-state index contributed by atoms with van der Waals surface area (Å²) < 4.78 is 26.5. The molecule has 0 fully saturated rings. The highest BCUT2D eigenvalue weighted by molar-refractivity contribution is 5.69. The first-order valence-corrected chi connectivity index (χ1v) is 8.50. The summed E-state index contributed by atoms with van der Waals surface area (Å²) in [5.74, 6) is 1.05. The molecular weight excluding hydrogens is 370 g/mol. The van der Waals surface area contributed by atoms with Crippen molar-refractivity contribution in [2.75, 3.05) is 20.5 Å². The molecule has 9 nitrogen and oxygen atoms in total. The molecule has 0 unspecified atom stereocenters. The van der Waals surface area contributed by atoms with Crippen LogP contribution < -0.4 is 14.2 Å². The maximum absolute atomic E-state index is 12.0. The lowest BCUT2D eigenvalue weighted by molar-refractivity contribution is -0.385. The summed E-state index contributed by atoms with van der Waals surface area (Å²) in [7, 11) is 1.53. The van der Waals surface area contributed by atoms with Crippen LogP contribution in [0.15, 0.2) is 36.4 Å². The number of para-hydroxylation sites is 2. The van der Waals surface area contributed by atoms with E-state index in [1.165, 1.54) is 19.2 Å². The molecule has 0 N–H and O–H groups in total. The Morgan fingerprint density at radius 2 is 2.04 bits per heavy atom. The number of nitro groups is 1. The van der Waals surface area contributed by atoms with Crippen LogP contribution in [0.5, 0.6) is 17.2 Å². The highest BCUT2D eigenvalue weighted by Crippen LogP contribution is 2.33. The normalized spacial score (nSPS) is 12.5. The zero-order valence-corrected chi connectivity index (χ0v) is 15.2. The van der Waals surface area contributed by atoms with Crippen molar-refractivity contribution in [2.24, 2.45) is 0 Å². The highest BCUT2D eigenvalue weighted by atomic mass is 16.7. The van der Waals surface area contributed by atoms with Crippen molar-refractivity contribution in [1.29, 1.82) is 0 Å². The SMILES string of the molecule is COc1ccccc1OCCC(=O)OCc1cc([N+](=O)[O-])cc2c1OCOC2. The second kappa shape index (κ2) is 9.05. The molecule has 1 heterocycles. The number of hydrogen-bond donors (Lipinski definition) is 0. The van der Waals surface area contributed by atoms with Crippen molar-refractivity contribution in [3.05, 3.63) is 57.6 Å². The molecule has 28 heavy (non-hydrogen) atoms. The smallest absolute Gasteiger partial charge is 0.309 e. The van der Waals surface area contributed by atoms with E-state index in [-0.39, 0.29) is 38.7 Å². The van der Waals surface area contributed by atoms with E-state index in [0.717, 1.165) is 0 Å². The molecule has 3 rings (SSSR count). The third-order valence-corrected chi connectivity index (χ3v) is 4.00. The van der Waals surface area contributed by atoms with Crippen LogP contribution in [0.25, 0.3) is 0 Å². The van der Waals surface area contributed by atoms with E-state index in [2.05, 4.69) is 0 Å². The number of carbonyl (C=O) groups is 1. The first kappa shape index (κ1) is 19.4. The Labute approximate surface area is 160 Å². The van der Waals surface area contributed by atoms with Gasteiger partial charge in [-0.15, -0.1) is 0 Å². The van der Waals surface area contributed by atoms with Crippen molar-refractivity contribution in [1.82, 2.24) is 0 Å². The molecule has 0 saturated heterocycles. The van der Waals surface area contributed by atoms with Crippen LogP contribution in [-0.4, -0.2) is 31.4 Å². The van der Waals surface area contributed by atoms with Gasteiger partial charge < -0.3 is 23.7 Å². The van der Waals surface area contributed by atoms with Gasteiger partial charge in [-0.3, -0.25) is 14.9 Å². The van der Waals surface area contributed by atoms with Crippen molar-refractivity contribution in [3.8, 4) is 17.2 Å². The predicted octanol–water partition coefficient (Wildman–Crippen LogP) is 2.98. The van der Waals surface area contributed by atoms with E-state index >= 15 is 0 Å². The molecule has 0 radical (unpaired) electrons. The van der Waals surface area contributed by atoms with E-state index in [1.54, 1.807) is 18.2 Å². The number of carbonyl (C=O) groups excluding carboxylic acids is 1. The molecule has 0 aromatic heterocycles. The first-order valence-electron chi connectivity index (χ1n) is 8.50. The van der Waals surface area contributed by atoms with Crippen molar-refractivity contribution in [2.45, 2.75) is 19.6 Å². The lowest BCUT2D eigenvalue weighted by Gasteiger charge is -2.20. The Morgan fingerprint density at radius 3 is 2.79 bits per heavy atom. The fourth-order valence-corrected chi connectivity index (χ4v) is 2.71. The molecule has 0 atom stereocenters. The summed E-state index contributed by atoms with van der Waals surface area (Å²) in [6, 6.07) is 9.82. The monoisotopic (exact) mass is 389 g/mol. The standard InChI is InChI=1S/C19H19NO8/c1-24-16-4-2-3-5-17(16)26-7-6-18(21)27-11-14-9-15(20(22)23)8-13-10-25-12-28-19(13)14/h2-5,8-9H,6-7,10-12H2,1H3. The molecule has 2 aromatic rings. The zero-order chi connectivity index (χ0) is 19.9. The molecular formula is C19H19NO8. The molecule has 1 aliphatic heterocycles. The summed E-state index contributed by atoms with van der Waals surface area (Å²) >= 11 is 0. The van der Waals surface area contributed by atoms with Gasteiger partial charge in [-0.25, -0.2) is 0 Å². The lowest BCUT2D eigenvalue weighted by Crippen LogP contribution is -2.15. The Bertz CT molecular complexity index is 867. The number of ether oxygens (including phenoxy) is 5. The maximum atomic E-state index is 12.0. The maximum Gasteiger partial charge on any atom is 0.309 e. The zero-order valence-electron chi connectivity index (χ0n) is 15.2. The second-order valence-electron chi connectivity index (χ2n) is 5.87. The molecule has 2 aromatic carbocycles. The quantitative estimate of drug-likeness (QED) is 0.385. The minimum atomic E-state index is -0.513. The van der Waals surface area contributed by atoms with Crippen LogP contribution >= 0.6 is 0 Å². The van der Waals surface area contributed by atoms with Gasteiger partial charge in [-0.2, -0.15) is 0 Å². The van der Waals surface area contributed by atoms with Gasteiger partial charge in [0, 0.05) is 23.3 Å². The molecule has 0 spiro atoms. The van der Waals surface area contributed by atoms with Gasteiger partial charge >= 0.3 is 5.97 Å². The van der Waals surface area contributed by atoms with Crippen LogP contribution in [0.2, 0.25) is 0 Å². The summed E-state index contributed by atoms with van der Waals surface area (Å²) in [5, 5.41) is 11.1. The van der Waals surface area contributed by atoms with E-state index in [1.807, 2.05) is 6.07 Å². The third kappa shape index (κ3) is 4.68. The fourth-order valence-electron chi connectivity index (χ4n) is 2.71. The molecule has 1 aliphatic rings. The summed E-state index contributed by atoms with van der Waals surface area (Å²) in [6.45, 7) is 0.206. The van der Waals surface area contributed by atoms with Gasteiger partial charge in [-0.05, 0) is 12.1 Å². The van der Waals surface area contributed by atoms with E-state index in [9.17, 15) is 14.9 Å². The van der Waals surface area contributed by atoms with Crippen molar-refractivity contribution < 1.29 is 33.4 Å². The number of rotatable bonds is 8. The van der Waals surface area contributed by atoms with Crippen LogP contribution in [0.1, 0.15) is 17.5 Å².